The highest BCUT2D eigenvalue weighted by Crippen LogP contribution is 2.42. The van der Waals surface area contributed by atoms with E-state index in [1.165, 1.54) is 223 Å². The summed E-state index contributed by atoms with van der Waals surface area (Å²) in [5.41, 5.74) is 3.86. The summed E-state index contributed by atoms with van der Waals surface area (Å²) in [7, 11) is 0. The van der Waals surface area contributed by atoms with Crippen molar-refractivity contribution >= 4 is 5.78 Å². The monoisotopic (exact) mass is 655 g/mol. The van der Waals surface area contributed by atoms with Gasteiger partial charge in [0.2, 0.25) is 0 Å². The van der Waals surface area contributed by atoms with Crippen LogP contribution in [-0.2, 0) is 4.79 Å². The first-order chi connectivity index (χ1) is 23.0. The number of rotatable bonds is 35. The van der Waals surface area contributed by atoms with Crippen molar-refractivity contribution in [1.29, 1.82) is 0 Å². The van der Waals surface area contributed by atoms with Gasteiger partial charge in [-0.2, -0.15) is 0 Å². The molecule has 2 unspecified atom stereocenters. The van der Waals surface area contributed by atoms with Crippen LogP contribution in [0.5, 0.6) is 0 Å². The van der Waals surface area contributed by atoms with Crippen molar-refractivity contribution in [3.63, 3.8) is 0 Å². The molecule has 1 rings (SSSR count). The van der Waals surface area contributed by atoms with E-state index in [9.17, 15) is 4.79 Å². The van der Waals surface area contributed by atoms with Gasteiger partial charge in [0, 0.05) is 6.42 Å². The van der Waals surface area contributed by atoms with Gasteiger partial charge in [-0.3, -0.25) is 4.79 Å². The summed E-state index contributed by atoms with van der Waals surface area (Å²) < 4.78 is 0. The summed E-state index contributed by atoms with van der Waals surface area (Å²) in [5.74, 6) is 1.33. The van der Waals surface area contributed by atoms with Crippen LogP contribution in [0.2, 0.25) is 0 Å². The highest BCUT2D eigenvalue weighted by molar-refractivity contribution is 5.97. The Morgan fingerprint density at radius 3 is 1.13 bits per heavy atom. The van der Waals surface area contributed by atoms with Crippen molar-refractivity contribution in [2.45, 2.75) is 252 Å². The molecule has 2 atom stereocenters. The van der Waals surface area contributed by atoms with Crippen molar-refractivity contribution in [3.8, 4) is 0 Å². The third-order valence-corrected chi connectivity index (χ3v) is 11.5. The van der Waals surface area contributed by atoms with Gasteiger partial charge in [-0.05, 0) is 50.5 Å². The molecule has 0 aliphatic heterocycles. The number of carbonyl (C=O) groups is 1. The number of carbonyl (C=O) groups excluding carboxylic acids is 1. The molecular formula is C46H86O. The fourth-order valence-corrected chi connectivity index (χ4v) is 8.24. The normalized spacial score (nSPS) is 16.8. The largest absolute Gasteiger partial charge is 0.295 e. The van der Waals surface area contributed by atoms with Crippen molar-refractivity contribution in [2.24, 2.45) is 11.8 Å². The maximum atomic E-state index is 13.0. The Labute approximate surface area is 297 Å². The fourth-order valence-electron chi connectivity index (χ4n) is 8.24. The zero-order chi connectivity index (χ0) is 34.2. The van der Waals surface area contributed by atoms with Gasteiger partial charge in [-0.15, -0.1) is 0 Å². The van der Waals surface area contributed by atoms with Crippen LogP contribution < -0.4 is 0 Å². The molecule has 0 aromatic heterocycles. The first kappa shape index (κ1) is 44.2. The Hall–Kier alpha value is -0.850. The van der Waals surface area contributed by atoms with E-state index in [1.807, 2.05) is 0 Å². The molecule has 0 spiro atoms. The SMILES string of the molecule is C=C(C)C1CC(=O)C(C)=C(CCCCCCCCCCCCCCCCCC)C1CCCCCCCCCCCCCCCCCC. The first-order valence-corrected chi connectivity index (χ1v) is 21.9. The van der Waals surface area contributed by atoms with E-state index in [0.29, 0.717) is 24.0 Å². The van der Waals surface area contributed by atoms with Gasteiger partial charge in [-0.1, -0.05) is 231 Å². The van der Waals surface area contributed by atoms with Crippen LogP contribution in [-0.4, -0.2) is 5.78 Å². The minimum atomic E-state index is 0.374. The molecule has 0 saturated heterocycles. The number of unbranched alkanes of at least 4 members (excludes halogenated alkanes) is 30. The Bertz CT molecular complexity index is 759. The predicted octanol–water partition coefficient (Wildman–Crippen LogP) is 16.4. The minimum Gasteiger partial charge on any atom is -0.295 e. The molecule has 0 heterocycles. The number of hydrogen-bond donors (Lipinski definition) is 0. The smallest absolute Gasteiger partial charge is 0.159 e. The molecule has 0 amide bonds. The van der Waals surface area contributed by atoms with E-state index < -0.39 is 0 Å². The quantitative estimate of drug-likeness (QED) is 0.0491. The van der Waals surface area contributed by atoms with E-state index in [-0.39, 0.29) is 0 Å². The lowest BCUT2D eigenvalue weighted by atomic mass is 9.69. The zero-order valence-electron chi connectivity index (χ0n) is 33.0. The Morgan fingerprint density at radius 1 is 0.511 bits per heavy atom. The van der Waals surface area contributed by atoms with Crippen LogP contribution in [0.15, 0.2) is 23.3 Å². The van der Waals surface area contributed by atoms with Crippen molar-refractivity contribution in [3.05, 3.63) is 23.3 Å². The van der Waals surface area contributed by atoms with Crippen molar-refractivity contribution in [2.75, 3.05) is 0 Å². The van der Waals surface area contributed by atoms with Gasteiger partial charge in [-0.25, -0.2) is 0 Å². The molecule has 0 fully saturated rings. The molecule has 0 aromatic carbocycles. The summed E-state index contributed by atoms with van der Waals surface area (Å²) in [6.07, 6.45) is 48.4. The Balaban J connectivity index is 2.16. The second-order valence-electron chi connectivity index (χ2n) is 16.0. The van der Waals surface area contributed by atoms with E-state index in [4.69, 9.17) is 0 Å². The standard InChI is InChI=1S/C46H86O/c1-6-8-10-12-14-16-18-20-22-24-26-28-30-32-34-36-38-43-42(5)46(47)40-45(41(3)4)44(43)39-37-35-33-31-29-27-25-23-21-19-17-15-13-11-9-7-2/h44-45H,3,6-40H2,1-2,4-5H3. The van der Waals surface area contributed by atoms with E-state index in [2.05, 4.69) is 34.3 Å². The molecule has 47 heavy (non-hydrogen) atoms. The van der Waals surface area contributed by atoms with Gasteiger partial charge in [0.15, 0.2) is 5.78 Å². The van der Waals surface area contributed by atoms with Gasteiger partial charge in [0.25, 0.3) is 0 Å². The summed E-state index contributed by atoms with van der Waals surface area (Å²) >= 11 is 0. The molecule has 1 aliphatic rings. The molecule has 0 saturated carbocycles. The summed E-state index contributed by atoms with van der Waals surface area (Å²) in [6.45, 7) is 13.3. The molecule has 0 bridgehead atoms. The maximum absolute atomic E-state index is 13.0. The third-order valence-electron chi connectivity index (χ3n) is 11.5. The predicted molar refractivity (Wildman–Crippen MR) is 212 cm³/mol. The lowest BCUT2D eigenvalue weighted by molar-refractivity contribution is -0.117. The minimum absolute atomic E-state index is 0.374. The lowest BCUT2D eigenvalue weighted by Crippen LogP contribution is -2.28. The Morgan fingerprint density at radius 2 is 0.809 bits per heavy atom. The van der Waals surface area contributed by atoms with Gasteiger partial charge >= 0.3 is 0 Å². The number of hydrogen-bond acceptors (Lipinski definition) is 1. The molecule has 1 nitrogen and oxygen atoms in total. The maximum Gasteiger partial charge on any atom is 0.159 e. The van der Waals surface area contributed by atoms with Gasteiger partial charge in [0.05, 0.1) is 0 Å². The average Bonchev–Trinajstić information content (AvgIpc) is 3.06. The van der Waals surface area contributed by atoms with Crippen LogP contribution in [0.4, 0.5) is 0 Å². The highest BCUT2D eigenvalue weighted by atomic mass is 16.1. The summed E-state index contributed by atoms with van der Waals surface area (Å²) in [6, 6.07) is 0. The van der Waals surface area contributed by atoms with E-state index >= 15 is 0 Å². The van der Waals surface area contributed by atoms with Crippen LogP contribution in [0.3, 0.4) is 0 Å². The first-order valence-electron chi connectivity index (χ1n) is 21.9. The highest BCUT2D eigenvalue weighted by Gasteiger charge is 2.34. The van der Waals surface area contributed by atoms with Crippen molar-refractivity contribution < 1.29 is 4.79 Å². The number of ketones is 1. The summed E-state index contributed by atoms with van der Waals surface area (Å²) in [5, 5.41) is 0. The number of allylic oxidation sites excluding steroid dienone is 3. The molecule has 0 N–H and O–H groups in total. The molecule has 0 radical (unpaired) electrons. The van der Waals surface area contributed by atoms with E-state index in [1.54, 1.807) is 0 Å². The van der Waals surface area contributed by atoms with Crippen LogP contribution in [0, 0.1) is 11.8 Å². The second kappa shape index (κ2) is 32.4. The van der Waals surface area contributed by atoms with Crippen LogP contribution in [0.25, 0.3) is 0 Å². The zero-order valence-corrected chi connectivity index (χ0v) is 33.0. The fraction of sp³-hybridized carbons (Fsp3) is 0.891. The lowest BCUT2D eigenvalue weighted by Gasteiger charge is -2.35. The summed E-state index contributed by atoms with van der Waals surface area (Å²) in [4.78, 5) is 13.0. The average molecular weight is 655 g/mol. The molecule has 1 aliphatic carbocycles. The van der Waals surface area contributed by atoms with E-state index in [0.717, 1.165) is 12.0 Å². The Kier molecular flexibility index (Phi) is 30.4. The molecule has 276 valence electrons. The van der Waals surface area contributed by atoms with Gasteiger partial charge in [0.1, 0.15) is 0 Å². The molecule has 1 heteroatoms. The number of Topliss-reactive ketones (excluding diaryl/α,β-unsaturated/α-hetero) is 1. The van der Waals surface area contributed by atoms with Crippen molar-refractivity contribution in [1.82, 2.24) is 0 Å². The molecular weight excluding hydrogens is 569 g/mol. The molecule has 0 aromatic rings. The van der Waals surface area contributed by atoms with Crippen LogP contribution in [0.1, 0.15) is 252 Å². The van der Waals surface area contributed by atoms with Crippen LogP contribution >= 0.6 is 0 Å². The third kappa shape index (κ3) is 24.0. The van der Waals surface area contributed by atoms with Gasteiger partial charge < -0.3 is 0 Å². The topological polar surface area (TPSA) is 17.1 Å². The second-order valence-corrected chi connectivity index (χ2v) is 16.0.